The Morgan fingerprint density at radius 3 is 2.23 bits per heavy atom. The molecule has 0 radical (unpaired) electrons. The fraction of sp³-hybridized carbons (Fsp3) is 0.136. The summed E-state index contributed by atoms with van der Waals surface area (Å²) in [5, 5.41) is 5.67. The van der Waals surface area contributed by atoms with E-state index in [1.54, 1.807) is 0 Å². The lowest BCUT2D eigenvalue weighted by atomic mass is 10.1. The van der Waals surface area contributed by atoms with Crippen molar-refractivity contribution in [1.29, 1.82) is 0 Å². The van der Waals surface area contributed by atoms with E-state index in [9.17, 15) is 48.3 Å². The van der Waals surface area contributed by atoms with Gasteiger partial charge >= 0.3 is 17.8 Å². The maximum atomic E-state index is 13.7. The molecule has 1 amide bonds. The second-order valence-electron chi connectivity index (χ2n) is 7.68. The van der Waals surface area contributed by atoms with Gasteiger partial charge in [0.1, 0.15) is 5.69 Å². The molecule has 2 aromatic carbocycles. The number of halogens is 8. The summed E-state index contributed by atoms with van der Waals surface area (Å²) in [6.07, 6.45) is -8.31. The summed E-state index contributed by atoms with van der Waals surface area (Å²) in [7, 11) is -5.72. The van der Waals surface area contributed by atoms with Crippen LogP contribution in [0.4, 0.5) is 45.6 Å². The lowest BCUT2D eigenvalue weighted by molar-refractivity contribution is -0.137. The number of hydrogen-bond acceptors (Lipinski definition) is 6. The van der Waals surface area contributed by atoms with E-state index in [-0.39, 0.29) is 11.3 Å². The summed E-state index contributed by atoms with van der Waals surface area (Å²) >= 11 is 0. The Balaban J connectivity index is 1.65. The van der Waals surface area contributed by atoms with Crippen LogP contribution in [-0.2, 0) is 16.0 Å². The fourth-order valence-corrected chi connectivity index (χ4v) is 4.10. The molecular weight excluding hydrogens is 568 g/mol. The van der Waals surface area contributed by atoms with Gasteiger partial charge in [-0.3, -0.25) is 5.32 Å². The summed E-state index contributed by atoms with van der Waals surface area (Å²) in [4.78, 5) is 15.3. The lowest BCUT2D eigenvalue weighted by Gasteiger charge is -2.11. The van der Waals surface area contributed by atoms with Crippen LogP contribution in [0.25, 0.3) is 16.9 Å². The second-order valence-corrected chi connectivity index (χ2v) is 9.62. The predicted octanol–water partition coefficient (Wildman–Crippen LogP) is 6.26. The van der Waals surface area contributed by atoms with Crippen molar-refractivity contribution in [3.05, 3.63) is 72.1 Å². The van der Waals surface area contributed by atoms with Crippen LogP contribution in [0.2, 0.25) is 0 Å². The molecule has 17 heteroatoms. The van der Waals surface area contributed by atoms with Crippen molar-refractivity contribution < 1.29 is 53.1 Å². The Hall–Kier alpha value is -4.28. The molecule has 2 aromatic heterocycles. The number of carbonyl (C=O) groups excluding carboxylic acids is 1. The minimum absolute atomic E-state index is 0.0201. The maximum absolute atomic E-state index is 13.7. The summed E-state index contributed by atoms with van der Waals surface area (Å²) in [6.45, 7) is 0. The molecule has 0 saturated carbocycles. The number of amides is 1. The van der Waals surface area contributed by atoms with Crippen LogP contribution in [0.1, 0.15) is 17.7 Å². The lowest BCUT2D eigenvalue weighted by Crippen LogP contribution is -2.23. The highest BCUT2D eigenvalue weighted by Crippen LogP contribution is 2.34. The van der Waals surface area contributed by atoms with Crippen LogP contribution < -0.4 is 10.1 Å². The first-order chi connectivity index (χ1) is 18.1. The van der Waals surface area contributed by atoms with Crippen LogP contribution in [0.3, 0.4) is 0 Å². The molecule has 0 aliphatic rings. The Kier molecular flexibility index (Phi) is 6.97. The SMILES string of the molecule is O=C(Nc1cccc(S(=O)(=O)C(F)(F)F)c1)Oc1cnn2c(C(F)F)cc(-c3ccc(C(F)(F)F)cc3)nc12. The molecule has 0 unspecified atom stereocenters. The van der Waals surface area contributed by atoms with Crippen LogP contribution in [-0.4, -0.2) is 34.6 Å². The van der Waals surface area contributed by atoms with Crippen molar-refractivity contribution in [1.82, 2.24) is 14.6 Å². The van der Waals surface area contributed by atoms with Gasteiger partial charge in [0.15, 0.2) is 11.4 Å². The van der Waals surface area contributed by atoms with E-state index in [2.05, 4.69) is 10.1 Å². The third kappa shape index (κ3) is 5.62. The summed E-state index contributed by atoms with van der Waals surface area (Å²) in [6, 6.07) is 7.49. The largest absolute Gasteiger partial charge is 0.501 e. The van der Waals surface area contributed by atoms with Gasteiger partial charge in [-0.05, 0) is 36.4 Å². The Morgan fingerprint density at radius 2 is 1.64 bits per heavy atom. The number of rotatable bonds is 5. The number of sulfone groups is 1. The van der Waals surface area contributed by atoms with Crippen LogP contribution in [0.5, 0.6) is 5.75 Å². The summed E-state index contributed by atoms with van der Waals surface area (Å²) < 4.78 is 133. The maximum Gasteiger partial charge on any atom is 0.501 e. The highest BCUT2D eigenvalue weighted by atomic mass is 32.2. The van der Waals surface area contributed by atoms with Gasteiger partial charge in [0.05, 0.1) is 22.3 Å². The number of benzene rings is 2. The Morgan fingerprint density at radius 1 is 0.974 bits per heavy atom. The molecule has 206 valence electrons. The molecule has 8 nitrogen and oxygen atoms in total. The van der Waals surface area contributed by atoms with Crippen molar-refractivity contribution in [3.8, 4) is 17.0 Å². The number of nitrogens with zero attached hydrogens (tertiary/aromatic N) is 3. The van der Waals surface area contributed by atoms with Gasteiger partial charge in [0.2, 0.25) is 0 Å². The first-order valence-corrected chi connectivity index (χ1v) is 11.8. The number of fused-ring (bicyclic) bond motifs is 1. The zero-order valence-electron chi connectivity index (χ0n) is 18.8. The van der Waals surface area contributed by atoms with E-state index in [1.807, 2.05) is 5.32 Å². The molecule has 4 rings (SSSR count). The minimum atomic E-state index is -5.72. The first-order valence-electron chi connectivity index (χ1n) is 10.3. The van der Waals surface area contributed by atoms with E-state index >= 15 is 0 Å². The van der Waals surface area contributed by atoms with Gasteiger partial charge in [0.25, 0.3) is 16.3 Å². The molecule has 4 aromatic rings. The van der Waals surface area contributed by atoms with E-state index in [4.69, 9.17) is 4.74 Å². The highest BCUT2D eigenvalue weighted by Gasteiger charge is 2.47. The monoisotopic (exact) mass is 580 g/mol. The van der Waals surface area contributed by atoms with Crippen molar-refractivity contribution in [2.24, 2.45) is 0 Å². The van der Waals surface area contributed by atoms with Gasteiger partial charge in [-0.25, -0.2) is 31.5 Å². The number of carbonyl (C=O) groups is 1. The molecule has 0 saturated heterocycles. The quantitative estimate of drug-likeness (QED) is 0.280. The highest BCUT2D eigenvalue weighted by molar-refractivity contribution is 7.92. The standard InChI is InChI=1S/C22H12F8N4O4S/c23-18(24)16-9-15(11-4-6-12(7-5-11)21(25,26)27)33-19-17(10-31-34(16)19)38-20(35)32-13-2-1-3-14(8-13)39(36,37)22(28,29)30/h1-10,18H,(H,32,35). The topological polar surface area (TPSA) is 103 Å². The number of aromatic nitrogens is 3. The smallest absolute Gasteiger partial charge is 0.404 e. The molecular formula is C22H12F8N4O4S. The number of anilines is 1. The van der Waals surface area contributed by atoms with Crippen molar-refractivity contribution in [3.63, 3.8) is 0 Å². The number of ether oxygens (including phenoxy) is 1. The van der Waals surface area contributed by atoms with E-state index < -0.39 is 67.3 Å². The summed E-state index contributed by atoms with van der Waals surface area (Å²) in [5.41, 5.74) is -8.36. The van der Waals surface area contributed by atoms with Crippen LogP contribution >= 0.6 is 0 Å². The molecule has 0 aliphatic carbocycles. The van der Waals surface area contributed by atoms with E-state index in [1.165, 1.54) is 0 Å². The van der Waals surface area contributed by atoms with Gasteiger partial charge in [0, 0.05) is 11.3 Å². The molecule has 2 heterocycles. The molecule has 0 atom stereocenters. The average molecular weight is 580 g/mol. The van der Waals surface area contributed by atoms with Crippen molar-refractivity contribution in [2.75, 3.05) is 5.32 Å². The van der Waals surface area contributed by atoms with E-state index in [0.29, 0.717) is 16.6 Å². The van der Waals surface area contributed by atoms with E-state index in [0.717, 1.165) is 48.7 Å². The van der Waals surface area contributed by atoms with Crippen LogP contribution in [0.15, 0.2) is 65.7 Å². The van der Waals surface area contributed by atoms with Crippen LogP contribution in [0, 0.1) is 0 Å². The zero-order valence-corrected chi connectivity index (χ0v) is 19.6. The van der Waals surface area contributed by atoms with Crippen molar-refractivity contribution >= 4 is 27.3 Å². The molecule has 0 fully saturated rings. The zero-order chi connectivity index (χ0) is 28.8. The fourth-order valence-electron chi connectivity index (χ4n) is 3.29. The third-order valence-electron chi connectivity index (χ3n) is 5.10. The number of hydrogen-bond donors (Lipinski definition) is 1. The van der Waals surface area contributed by atoms with Gasteiger partial charge in [-0.2, -0.15) is 31.4 Å². The predicted molar refractivity (Wildman–Crippen MR) is 118 cm³/mol. The Labute approximate surface area is 212 Å². The van der Waals surface area contributed by atoms with Gasteiger partial charge < -0.3 is 4.74 Å². The normalized spacial score (nSPS) is 12.6. The first kappa shape index (κ1) is 27.7. The average Bonchev–Trinajstić information content (AvgIpc) is 3.24. The molecule has 0 spiro atoms. The number of nitrogens with one attached hydrogen (secondary N) is 1. The summed E-state index contributed by atoms with van der Waals surface area (Å²) in [5.74, 6) is -0.498. The molecule has 1 N–H and O–H groups in total. The van der Waals surface area contributed by atoms with Crippen molar-refractivity contribution in [2.45, 2.75) is 23.0 Å². The molecule has 0 bridgehead atoms. The van der Waals surface area contributed by atoms with Gasteiger partial charge in [-0.1, -0.05) is 18.2 Å². The number of alkyl halides is 8. The van der Waals surface area contributed by atoms with Gasteiger partial charge in [-0.15, -0.1) is 0 Å². The minimum Gasteiger partial charge on any atom is -0.404 e. The Bertz CT molecular complexity index is 1650. The third-order valence-corrected chi connectivity index (χ3v) is 6.58. The molecule has 0 aliphatic heterocycles. The second kappa shape index (κ2) is 9.79. The molecule has 39 heavy (non-hydrogen) atoms.